The molecule has 1 fully saturated rings. The molecule has 2 unspecified atom stereocenters. The van der Waals surface area contributed by atoms with E-state index in [1.807, 2.05) is 0 Å². The van der Waals surface area contributed by atoms with E-state index in [0.29, 0.717) is 6.10 Å². The van der Waals surface area contributed by atoms with Crippen molar-refractivity contribution in [1.29, 1.82) is 0 Å². The van der Waals surface area contributed by atoms with Crippen LogP contribution in [0.4, 0.5) is 0 Å². The molecule has 0 bridgehead atoms. The zero-order chi connectivity index (χ0) is 21.0. The molecular weight excluding hydrogens is 356 g/mol. The van der Waals surface area contributed by atoms with Gasteiger partial charge in [-0.3, -0.25) is 0 Å². The number of hydrogen-bond donors (Lipinski definition) is 0. The van der Waals surface area contributed by atoms with Crippen molar-refractivity contribution in [2.24, 2.45) is 23.7 Å². The number of rotatable bonds is 8. The molecule has 0 amide bonds. The van der Waals surface area contributed by atoms with Crippen molar-refractivity contribution < 1.29 is 9.47 Å². The topological polar surface area (TPSA) is 18.5 Å². The van der Waals surface area contributed by atoms with Crippen LogP contribution in [0.1, 0.15) is 95.8 Å². The lowest BCUT2D eigenvalue weighted by molar-refractivity contribution is 0.144. The second-order valence-electron chi connectivity index (χ2n) is 10.3. The largest absolute Gasteiger partial charge is 0.493 e. The summed E-state index contributed by atoms with van der Waals surface area (Å²) in [6, 6.07) is 2.26. The Morgan fingerprint density at radius 1 is 1.03 bits per heavy atom. The Morgan fingerprint density at radius 3 is 2.41 bits per heavy atom. The molecule has 1 aliphatic carbocycles. The van der Waals surface area contributed by atoms with Crippen LogP contribution < -0.4 is 9.47 Å². The number of ether oxygens (including phenoxy) is 2. The Morgan fingerprint density at radius 2 is 1.76 bits per heavy atom. The highest BCUT2D eigenvalue weighted by Gasteiger charge is 2.27. The molecule has 29 heavy (non-hydrogen) atoms. The Kier molecular flexibility index (Phi) is 7.93. The molecule has 3 rings (SSSR count). The van der Waals surface area contributed by atoms with Crippen LogP contribution in [0.5, 0.6) is 11.5 Å². The van der Waals surface area contributed by atoms with Crippen molar-refractivity contribution in [3.63, 3.8) is 0 Å². The first-order chi connectivity index (χ1) is 13.9. The molecule has 2 aliphatic rings. The van der Waals surface area contributed by atoms with E-state index in [1.165, 1.54) is 61.6 Å². The minimum Gasteiger partial charge on any atom is -0.493 e. The Balaban J connectivity index is 1.52. The van der Waals surface area contributed by atoms with Gasteiger partial charge in [-0.05, 0) is 112 Å². The molecule has 0 aromatic heterocycles. The first-order valence-electron chi connectivity index (χ1n) is 12.3. The van der Waals surface area contributed by atoms with Crippen LogP contribution in [-0.2, 0) is 6.42 Å². The molecule has 1 heterocycles. The van der Waals surface area contributed by atoms with Crippen molar-refractivity contribution >= 4 is 0 Å². The maximum atomic E-state index is 6.40. The van der Waals surface area contributed by atoms with Crippen LogP contribution in [0.3, 0.4) is 0 Å². The van der Waals surface area contributed by atoms with E-state index >= 15 is 0 Å². The van der Waals surface area contributed by atoms with E-state index in [1.54, 1.807) is 0 Å². The van der Waals surface area contributed by atoms with Crippen molar-refractivity contribution in [2.75, 3.05) is 6.61 Å². The SMILES string of the molecule is CCC(CCC(C)C)C1CCC(COc2cc3c(c(C)c2C)OC(C)CC3)CC1. The summed E-state index contributed by atoms with van der Waals surface area (Å²) in [7, 11) is 0. The van der Waals surface area contributed by atoms with E-state index < -0.39 is 0 Å². The van der Waals surface area contributed by atoms with Crippen LogP contribution in [0.25, 0.3) is 0 Å². The number of aryl methyl sites for hydroxylation is 1. The molecular formula is C27H44O2. The predicted molar refractivity (Wildman–Crippen MR) is 123 cm³/mol. The Labute approximate surface area is 179 Å². The van der Waals surface area contributed by atoms with E-state index in [0.717, 1.165) is 54.6 Å². The molecule has 1 aliphatic heterocycles. The monoisotopic (exact) mass is 400 g/mol. The fraction of sp³-hybridized carbons (Fsp3) is 0.778. The highest BCUT2D eigenvalue weighted by atomic mass is 16.5. The van der Waals surface area contributed by atoms with E-state index in [-0.39, 0.29) is 0 Å². The van der Waals surface area contributed by atoms with E-state index in [2.05, 4.69) is 47.6 Å². The molecule has 1 saturated carbocycles. The van der Waals surface area contributed by atoms with Gasteiger partial charge in [0.15, 0.2) is 0 Å². The van der Waals surface area contributed by atoms with Gasteiger partial charge in [0, 0.05) is 0 Å². The zero-order valence-corrected chi connectivity index (χ0v) is 19.9. The quantitative estimate of drug-likeness (QED) is 0.446. The molecule has 0 spiro atoms. The summed E-state index contributed by atoms with van der Waals surface area (Å²) in [5, 5.41) is 0. The van der Waals surface area contributed by atoms with Gasteiger partial charge in [-0.25, -0.2) is 0 Å². The standard InChI is InChI=1S/C27H44O2/c1-7-23(12-8-18(2)3)24-14-10-22(11-15-24)17-28-26-16-25-13-9-19(4)29-27(25)21(6)20(26)5/h16,18-19,22-24H,7-15,17H2,1-6H3. The van der Waals surface area contributed by atoms with Crippen molar-refractivity contribution in [1.82, 2.24) is 0 Å². The first kappa shape index (κ1) is 22.5. The number of fused-ring (bicyclic) bond motifs is 1. The Hall–Kier alpha value is -1.18. The summed E-state index contributed by atoms with van der Waals surface area (Å²) in [4.78, 5) is 0. The molecule has 164 valence electrons. The highest BCUT2D eigenvalue weighted by Crippen LogP contribution is 2.40. The average Bonchev–Trinajstić information content (AvgIpc) is 2.71. The van der Waals surface area contributed by atoms with Gasteiger partial charge in [0.2, 0.25) is 0 Å². The van der Waals surface area contributed by atoms with Gasteiger partial charge in [0.25, 0.3) is 0 Å². The summed E-state index contributed by atoms with van der Waals surface area (Å²) in [5.41, 5.74) is 3.86. The highest BCUT2D eigenvalue weighted by molar-refractivity contribution is 5.53. The molecule has 0 saturated heterocycles. The summed E-state index contributed by atoms with van der Waals surface area (Å²) >= 11 is 0. The van der Waals surface area contributed by atoms with Crippen molar-refractivity contribution in [2.45, 2.75) is 105 Å². The lowest BCUT2D eigenvalue weighted by atomic mass is 9.73. The summed E-state index contributed by atoms with van der Waals surface area (Å²) in [6.07, 6.45) is 12.2. The molecule has 0 radical (unpaired) electrons. The van der Waals surface area contributed by atoms with Gasteiger partial charge in [-0.2, -0.15) is 0 Å². The normalized spacial score (nSPS) is 25.4. The zero-order valence-electron chi connectivity index (χ0n) is 19.9. The maximum Gasteiger partial charge on any atom is 0.126 e. The van der Waals surface area contributed by atoms with Crippen LogP contribution in [-0.4, -0.2) is 12.7 Å². The number of benzene rings is 1. The minimum atomic E-state index is 0.329. The fourth-order valence-corrected chi connectivity index (χ4v) is 5.40. The van der Waals surface area contributed by atoms with Gasteiger partial charge in [-0.15, -0.1) is 0 Å². The summed E-state index contributed by atoms with van der Waals surface area (Å²) < 4.78 is 12.5. The van der Waals surface area contributed by atoms with E-state index in [9.17, 15) is 0 Å². The third-order valence-electron chi connectivity index (χ3n) is 7.68. The summed E-state index contributed by atoms with van der Waals surface area (Å²) in [5.74, 6) is 5.65. The van der Waals surface area contributed by atoms with E-state index in [4.69, 9.17) is 9.47 Å². The lowest BCUT2D eigenvalue weighted by Gasteiger charge is -2.34. The first-order valence-corrected chi connectivity index (χ1v) is 12.3. The maximum absolute atomic E-state index is 6.40. The minimum absolute atomic E-state index is 0.329. The van der Waals surface area contributed by atoms with Gasteiger partial charge < -0.3 is 9.47 Å². The fourth-order valence-electron chi connectivity index (χ4n) is 5.40. The smallest absolute Gasteiger partial charge is 0.126 e. The third kappa shape index (κ3) is 5.70. The predicted octanol–water partition coefficient (Wildman–Crippen LogP) is 7.66. The summed E-state index contributed by atoms with van der Waals surface area (Å²) in [6.45, 7) is 14.5. The molecule has 2 heteroatoms. The van der Waals surface area contributed by atoms with Crippen molar-refractivity contribution in [3.8, 4) is 11.5 Å². The van der Waals surface area contributed by atoms with Crippen LogP contribution in [0.2, 0.25) is 0 Å². The van der Waals surface area contributed by atoms with Gasteiger partial charge in [-0.1, -0.05) is 33.6 Å². The Bertz CT molecular complexity index is 655. The van der Waals surface area contributed by atoms with Crippen LogP contribution in [0.15, 0.2) is 6.07 Å². The van der Waals surface area contributed by atoms with Gasteiger partial charge >= 0.3 is 0 Å². The molecule has 2 nitrogen and oxygen atoms in total. The van der Waals surface area contributed by atoms with Crippen LogP contribution in [0, 0.1) is 37.5 Å². The second-order valence-corrected chi connectivity index (χ2v) is 10.3. The average molecular weight is 401 g/mol. The molecule has 0 N–H and O–H groups in total. The molecule has 1 aromatic rings. The van der Waals surface area contributed by atoms with Gasteiger partial charge in [0.05, 0.1) is 12.7 Å². The van der Waals surface area contributed by atoms with Crippen LogP contribution >= 0.6 is 0 Å². The van der Waals surface area contributed by atoms with Crippen molar-refractivity contribution in [3.05, 3.63) is 22.8 Å². The number of hydrogen-bond acceptors (Lipinski definition) is 2. The second kappa shape index (κ2) is 10.2. The lowest BCUT2D eigenvalue weighted by Crippen LogP contribution is -2.25. The molecule has 2 atom stereocenters. The molecule has 1 aromatic carbocycles. The van der Waals surface area contributed by atoms with Gasteiger partial charge in [0.1, 0.15) is 11.5 Å². The third-order valence-corrected chi connectivity index (χ3v) is 7.68.